The smallest absolute Gasteiger partial charge is 0.283 e. The van der Waals surface area contributed by atoms with Crippen LogP contribution in [0.25, 0.3) is 0 Å². The predicted octanol–water partition coefficient (Wildman–Crippen LogP) is 5.03. The lowest BCUT2D eigenvalue weighted by atomic mass is 10.2. The maximum Gasteiger partial charge on any atom is 0.334 e. The molecule has 1 aromatic carbocycles. The second kappa shape index (κ2) is 5.84. The van der Waals surface area contributed by atoms with Crippen molar-refractivity contribution in [2.75, 3.05) is 10.2 Å². The standard InChI is InChI=1S/C15H9ClN4OS2/c16-9-7-12-13(18-8-9)20(10-3-1-2-4-11(10)23-12)15(21)19-14-17-5-6-22-14/h1-8H,(H,17,19,21). The van der Waals surface area contributed by atoms with E-state index >= 15 is 0 Å². The highest BCUT2D eigenvalue weighted by Crippen LogP contribution is 2.47. The number of rotatable bonds is 1. The summed E-state index contributed by atoms with van der Waals surface area (Å²) in [7, 11) is 0. The Bertz CT molecular complexity index is 885. The molecule has 8 heteroatoms. The van der Waals surface area contributed by atoms with Crippen LogP contribution in [0.3, 0.4) is 0 Å². The first kappa shape index (κ1) is 14.5. The number of anilines is 3. The molecule has 2 amide bonds. The van der Waals surface area contributed by atoms with Gasteiger partial charge in [-0.15, -0.1) is 11.3 Å². The van der Waals surface area contributed by atoms with Crippen LogP contribution in [0.5, 0.6) is 0 Å². The average Bonchev–Trinajstić information content (AvgIpc) is 3.05. The van der Waals surface area contributed by atoms with Gasteiger partial charge in [0.25, 0.3) is 0 Å². The molecule has 0 fully saturated rings. The fourth-order valence-corrected chi connectivity index (χ4v) is 4.07. The second-order valence-electron chi connectivity index (χ2n) is 4.65. The van der Waals surface area contributed by atoms with Gasteiger partial charge in [0, 0.05) is 22.7 Å². The van der Waals surface area contributed by atoms with Crippen molar-refractivity contribution in [1.29, 1.82) is 0 Å². The number of amides is 2. The van der Waals surface area contributed by atoms with Gasteiger partial charge in [-0.3, -0.25) is 5.32 Å². The largest absolute Gasteiger partial charge is 0.334 e. The maximum atomic E-state index is 12.8. The van der Waals surface area contributed by atoms with E-state index in [2.05, 4.69) is 15.3 Å². The van der Waals surface area contributed by atoms with Crippen molar-refractivity contribution in [3.8, 4) is 0 Å². The van der Waals surface area contributed by atoms with Crippen molar-refractivity contribution < 1.29 is 4.79 Å². The Morgan fingerprint density at radius 3 is 2.91 bits per heavy atom. The minimum absolute atomic E-state index is 0.302. The Labute approximate surface area is 145 Å². The maximum absolute atomic E-state index is 12.8. The molecule has 114 valence electrons. The fraction of sp³-hybridized carbons (Fsp3) is 0. The van der Waals surface area contributed by atoms with E-state index in [9.17, 15) is 4.79 Å². The van der Waals surface area contributed by atoms with Crippen LogP contribution in [0.15, 0.2) is 57.9 Å². The zero-order valence-electron chi connectivity index (χ0n) is 11.6. The number of carbonyl (C=O) groups excluding carboxylic acids is 1. The molecule has 2 aromatic heterocycles. The number of hydrogen-bond acceptors (Lipinski definition) is 5. The quantitative estimate of drug-likeness (QED) is 0.661. The van der Waals surface area contributed by atoms with E-state index < -0.39 is 0 Å². The van der Waals surface area contributed by atoms with E-state index in [0.29, 0.717) is 16.0 Å². The monoisotopic (exact) mass is 360 g/mol. The Kier molecular flexibility index (Phi) is 3.68. The third-order valence-electron chi connectivity index (χ3n) is 3.19. The van der Waals surface area contributed by atoms with Gasteiger partial charge in [0.05, 0.1) is 15.6 Å². The molecule has 0 atom stereocenters. The van der Waals surface area contributed by atoms with Crippen molar-refractivity contribution in [1.82, 2.24) is 9.97 Å². The number of carbonyl (C=O) groups is 1. The number of aromatic nitrogens is 2. The Hall–Kier alpha value is -2.09. The second-order valence-corrected chi connectivity index (χ2v) is 7.06. The molecule has 1 aliphatic rings. The number of para-hydroxylation sites is 1. The molecular weight excluding hydrogens is 352 g/mol. The molecule has 3 heterocycles. The van der Waals surface area contributed by atoms with Crippen LogP contribution in [-0.2, 0) is 0 Å². The number of nitrogens with zero attached hydrogens (tertiary/aromatic N) is 3. The zero-order valence-corrected chi connectivity index (χ0v) is 14.0. The first-order valence-electron chi connectivity index (χ1n) is 6.65. The number of pyridine rings is 1. The highest BCUT2D eigenvalue weighted by Gasteiger charge is 2.30. The van der Waals surface area contributed by atoms with Crippen molar-refractivity contribution >= 4 is 57.4 Å². The summed E-state index contributed by atoms with van der Waals surface area (Å²) in [6.07, 6.45) is 3.19. The van der Waals surface area contributed by atoms with Crippen LogP contribution in [0.4, 0.5) is 21.4 Å². The average molecular weight is 361 g/mol. The summed E-state index contributed by atoms with van der Waals surface area (Å²) in [4.78, 5) is 24.6. The Morgan fingerprint density at radius 2 is 2.09 bits per heavy atom. The van der Waals surface area contributed by atoms with Crippen LogP contribution in [0.2, 0.25) is 5.02 Å². The number of benzene rings is 1. The summed E-state index contributed by atoms with van der Waals surface area (Å²) in [6.45, 7) is 0. The van der Waals surface area contributed by atoms with Crippen LogP contribution < -0.4 is 10.2 Å². The molecule has 0 radical (unpaired) electrons. The molecule has 0 bridgehead atoms. The van der Waals surface area contributed by atoms with Crippen LogP contribution in [0.1, 0.15) is 0 Å². The molecule has 0 saturated carbocycles. The summed E-state index contributed by atoms with van der Waals surface area (Å²) < 4.78 is 0. The zero-order chi connectivity index (χ0) is 15.8. The lowest BCUT2D eigenvalue weighted by Gasteiger charge is -2.29. The van der Waals surface area contributed by atoms with Gasteiger partial charge in [-0.2, -0.15) is 0 Å². The predicted molar refractivity (Wildman–Crippen MR) is 93.1 cm³/mol. The number of nitrogens with one attached hydrogen (secondary N) is 1. The fourth-order valence-electron chi connectivity index (χ4n) is 2.26. The summed E-state index contributed by atoms with van der Waals surface area (Å²) in [5, 5.41) is 5.69. The lowest BCUT2D eigenvalue weighted by Crippen LogP contribution is -2.33. The van der Waals surface area contributed by atoms with E-state index in [1.165, 1.54) is 11.3 Å². The van der Waals surface area contributed by atoms with Gasteiger partial charge < -0.3 is 0 Å². The van der Waals surface area contributed by atoms with Crippen LogP contribution in [-0.4, -0.2) is 16.0 Å². The van der Waals surface area contributed by atoms with Crippen molar-refractivity contribution in [3.63, 3.8) is 0 Å². The van der Waals surface area contributed by atoms with E-state index in [0.717, 1.165) is 15.5 Å². The van der Waals surface area contributed by atoms with Gasteiger partial charge in [0.1, 0.15) is 0 Å². The van der Waals surface area contributed by atoms with Crippen molar-refractivity contribution in [2.24, 2.45) is 0 Å². The van der Waals surface area contributed by atoms with Crippen LogP contribution in [0, 0.1) is 0 Å². The Morgan fingerprint density at radius 1 is 1.22 bits per heavy atom. The number of thiazole rings is 1. The van der Waals surface area contributed by atoms with Gasteiger partial charge in [-0.05, 0) is 18.2 Å². The SMILES string of the molecule is O=C(Nc1nccs1)N1c2ccccc2Sc2cc(Cl)cnc21. The molecule has 5 nitrogen and oxygen atoms in total. The first-order valence-corrected chi connectivity index (χ1v) is 8.73. The Balaban J connectivity index is 1.80. The van der Waals surface area contributed by atoms with Gasteiger partial charge in [-0.25, -0.2) is 19.7 Å². The van der Waals surface area contributed by atoms with Gasteiger partial charge in [0.15, 0.2) is 10.9 Å². The van der Waals surface area contributed by atoms with Crippen molar-refractivity contribution in [3.05, 3.63) is 53.1 Å². The molecular formula is C15H9ClN4OS2. The van der Waals surface area contributed by atoms with E-state index in [4.69, 9.17) is 11.6 Å². The van der Waals surface area contributed by atoms with E-state index in [1.54, 1.807) is 29.1 Å². The first-order chi connectivity index (χ1) is 11.2. The van der Waals surface area contributed by atoms with Gasteiger partial charge in [0.2, 0.25) is 0 Å². The molecule has 0 unspecified atom stereocenters. The third-order valence-corrected chi connectivity index (χ3v) is 5.17. The molecule has 1 N–H and O–H groups in total. The molecule has 0 spiro atoms. The van der Waals surface area contributed by atoms with Gasteiger partial charge >= 0.3 is 6.03 Å². The molecule has 3 aromatic rings. The van der Waals surface area contributed by atoms with E-state index in [-0.39, 0.29) is 6.03 Å². The lowest BCUT2D eigenvalue weighted by molar-refractivity contribution is 0.258. The van der Waals surface area contributed by atoms with E-state index in [1.807, 2.05) is 35.7 Å². The highest BCUT2D eigenvalue weighted by molar-refractivity contribution is 7.99. The third kappa shape index (κ3) is 2.67. The molecule has 4 rings (SSSR count). The molecule has 23 heavy (non-hydrogen) atoms. The summed E-state index contributed by atoms with van der Waals surface area (Å²) in [5.74, 6) is 0.562. The van der Waals surface area contributed by atoms with Crippen molar-refractivity contribution in [2.45, 2.75) is 9.79 Å². The number of fused-ring (bicyclic) bond motifs is 2. The highest BCUT2D eigenvalue weighted by atomic mass is 35.5. The number of hydrogen-bond donors (Lipinski definition) is 1. The number of halogens is 1. The number of urea groups is 1. The minimum atomic E-state index is -0.302. The topological polar surface area (TPSA) is 58.1 Å². The summed E-state index contributed by atoms with van der Waals surface area (Å²) in [6, 6.07) is 9.20. The minimum Gasteiger partial charge on any atom is -0.283 e. The molecule has 0 saturated heterocycles. The summed E-state index contributed by atoms with van der Waals surface area (Å²) >= 11 is 8.95. The van der Waals surface area contributed by atoms with Crippen LogP contribution >= 0.6 is 34.7 Å². The normalized spacial score (nSPS) is 12.5. The van der Waals surface area contributed by atoms with Gasteiger partial charge in [-0.1, -0.05) is 35.5 Å². The summed E-state index contributed by atoms with van der Waals surface area (Å²) in [5.41, 5.74) is 0.786. The molecule has 1 aliphatic heterocycles. The molecule has 0 aliphatic carbocycles.